The third kappa shape index (κ3) is 2.54. The summed E-state index contributed by atoms with van der Waals surface area (Å²) in [4.78, 5) is 27.0. The summed E-state index contributed by atoms with van der Waals surface area (Å²) in [6.45, 7) is 0. The van der Waals surface area contributed by atoms with Gasteiger partial charge in [0.15, 0.2) is 0 Å². The number of nitrogens with one attached hydrogen (secondary N) is 1. The van der Waals surface area contributed by atoms with Crippen molar-refractivity contribution < 1.29 is 9.66 Å². The molecule has 1 aromatic heterocycles. The zero-order chi connectivity index (χ0) is 13.1. The lowest BCUT2D eigenvalue weighted by Gasteiger charge is -2.03. The third-order valence-electron chi connectivity index (χ3n) is 2.01. The van der Waals surface area contributed by atoms with Gasteiger partial charge in [-0.05, 0) is 24.3 Å². The molecule has 1 aromatic carbocycles. The molecule has 2 aromatic rings. The van der Waals surface area contributed by atoms with E-state index in [1.165, 1.54) is 0 Å². The van der Waals surface area contributed by atoms with E-state index in [1.807, 2.05) is 0 Å². The van der Waals surface area contributed by atoms with E-state index >= 15 is 0 Å². The molecule has 0 saturated heterocycles. The van der Waals surface area contributed by atoms with E-state index in [2.05, 4.69) is 25.9 Å². The Hall–Kier alpha value is -2.22. The van der Waals surface area contributed by atoms with E-state index in [0.717, 1.165) is 10.8 Å². The normalized spacial score (nSPS) is 10.1. The lowest BCUT2D eigenvalue weighted by atomic mass is 10.3. The van der Waals surface area contributed by atoms with E-state index in [-0.39, 0.29) is 5.88 Å². The van der Waals surface area contributed by atoms with Gasteiger partial charge in [-0.15, -0.1) is 0 Å². The lowest BCUT2D eigenvalue weighted by Crippen LogP contribution is -2.13. The van der Waals surface area contributed by atoms with Gasteiger partial charge in [0, 0.05) is 4.47 Å². The van der Waals surface area contributed by atoms with Crippen molar-refractivity contribution in [2.24, 2.45) is 0 Å². The molecule has 1 N–H and O–H groups in total. The van der Waals surface area contributed by atoms with E-state index < -0.39 is 16.2 Å². The number of H-pyrrole nitrogens is 1. The number of ether oxygens (including phenoxy) is 1. The Morgan fingerprint density at radius 1 is 1.33 bits per heavy atom. The molecular formula is C10H6BrN3O4. The van der Waals surface area contributed by atoms with Crippen LogP contribution in [-0.2, 0) is 0 Å². The number of nitro groups is 1. The first-order valence-corrected chi connectivity index (χ1v) is 5.52. The van der Waals surface area contributed by atoms with Gasteiger partial charge in [0.05, 0.1) is 11.3 Å². The van der Waals surface area contributed by atoms with Crippen molar-refractivity contribution in [3.05, 3.63) is 55.5 Å². The number of aromatic nitrogens is 2. The third-order valence-corrected chi connectivity index (χ3v) is 2.53. The minimum absolute atomic E-state index is 0.342. The van der Waals surface area contributed by atoms with E-state index in [0.29, 0.717) is 5.75 Å². The average Bonchev–Trinajstić information content (AvgIpc) is 2.32. The van der Waals surface area contributed by atoms with Crippen LogP contribution in [0, 0.1) is 10.1 Å². The minimum Gasteiger partial charge on any atom is -0.433 e. The maximum atomic E-state index is 11.3. The van der Waals surface area contributed by atoms with Gasteiger partial charge >= 0.3 is 17.1 Å². The number of rotatable bonds is 3. The molecule has 8 heteroatoms. The standard InChI is InChI=1S/C10H6BrN3O4/c11-6-1-3-7(4-2-6)18-10-8(14(16)17)9(15)12-5-13-10/h1-5H,(H,12,13,15). The SMILES string of the molecule is O=c1[nH]cnc(Oc2ccc(Br)cc2)c1[N+](=O)[O-]. The fourth-order valence-corrected chi connectivity index (χ4v) is 1.49. The van der Waals surface area contributed by atoms with Crippen molar-refractivity contribution in [2.75, 3.05) is 0 Å². The highest BCUT2D eigenvalue weighted by Gasteiger charge is 2.22. The molecule has 0 bridgehead atoms. The molecular weight excluding hydrogens is 306 g/mol. The molecule has 7 nitrogen and oxygen atoms in total. The molecule has 2 rings (SSSR count). The van der Waals surface area contributed by atoms with Crippen molar-refractivity contribution in [1.29, 1.82) is 0 Å². The van der Waals surface area contributed by atoms with Crippen molar-refractivity contribution in [2.45, 2.75) is 0 Å². The van der Waals surface area contributed by atoms with Gasteiger partial charge in [-0.2, -0.15) is 4.98 Å². The van der Waals surface area contributed by atoms with Crippen LogP contribution >= 0.6 is 15.9 Å². The highest BCUT2D eigenvalue weighted by Crippen LogP contribution is 2.26. The molecule has 0 aliphatic heterocycles. The molecule has 0 amide bonds. The molecule has 0 atom stereocenters. The number of hydrogen-bond donors (Lipinski definition) is 1. The second kappa shape index (κ2) is 4.96. The Labute approximate surface area is 109 Å². The molecule has 0 aliphatic rings. The lowest BCUT2D eigenvalue weighted by molar-refractivity contribution is -0.387. The number of halogens is 1. The first kappa shape index (κ1) is 12.2. The second-order valence-corrected chi connectivity index (χ2v) is 4.11. The summed E-state index contributed by atoms with van der Waals surface area (Å²) < 4.78 is 6.05. The molecule has 0 unspecified atom stereocenters. The Morgan fingerprint density at radius 2 is 2.00 bits per heavy atom. The zero-order valence-corrected chi connectivity index (χ0v) is 10.4. The Bertz CT molecular complexity index is 638. The smallest absolute Gasteiger partial charge is 0.395 e. The van der Waals surface area contributed by atoms with Gasteiger partial charge in [-0.3, -0.25) is 14.9 Å². The van der Waals surface area contributed by atoms with Gasteiger partial charge in [0.1, 0.15) is 5.75 Å². The van der Waals surface area contributed by atoms with Gasteiger partial charge in [-0.1, -0.05) is 15.9 Å². The van der Waals surface area contributed by atoms with Crippen molar-refractivity contribution in [3.63, 3.8) is 0 Å². The van der Waals surface area contributed by atoms with Crippen LogP contribution in [0.3, 0.4) is 0 Å². The van der Waals surface area contributed by atoms with Crippen LogP contribution in [0.1, 0.15) is 0 Å². The maximum absolute atomic E-state index is 11.3. The average molecular weight is 312 g/mol. The summed E-state index contributed by atoms with van der Waals surface area (Å²) in [5.41, 5.74) is -1.58. The molecule has 0 saturated carbocycles. The Kier molecular flexibility index (Phi) is 3.38. The van der Waals surface area contributed by atoms with Crippen molar-refractivity contribution in [3.8, 4) is 11.6 Å². The van der Waals surface area contributed by atoms with Crippen LogP contribution in [0.4, 0.5) is 5.69 Å². The van der Waals surface area contributed by atoms with Crippen LogP contribution in [-0.4, -0.2) is 14.9 Å². The Balaban J connectivity index is 2.40. The fraction of sp³-hybridized carbons (Fsp3) is 0. The van der Waals surface area contributed by atoms with E-state index in [1.54, 1.807) is 24.3 Å². The fourth-order valence-electron chi connectivity index (χ4n) is 1.23. The summed E-state index contributed by atoms with van der Waals surface area (Å²) in [7, 11) is 0. The Morgan fingerprint density at radius 3 is 2.61 bits per heavy atom. The molecule has 1 heterocycles. The topological polar surface area (TPSA) is 98.1 Å². The molecule has 92 valence electrons. The van der Waals surface area contributed by atoms with Crippen molar-refractivity contribution >= 4 is 21.6 Å². The highest BCUT2D eigenvalue weighted by molar-refractivity contribution is 9.10. The zero-order valence-electron chi connectivity index (χ0n) is 8.79. The summed E-state index contributed by atoms with van der Waals surface area (Å²) in [6, 6.07) is 6.59. The van der Waals surface area contributed by atoms with Crippen LogP contribution in [0.5, 0.6) is 11.6 Å². The largest absolute Gasteiger partial charge is 0.433 e. The van der Waals surface area contributed by atoms with E-state index in [4.69, 9.17) is 4.74 Å². The van der Waals surface area contributed by atoms with Crippen LogP contribution in [0.2, 0.25) is 0 Å². The summed E-state index contributed by atoms with van der Waals surface area (Å²) >= 11 is 3.25. The summed E-state index contributed by atoms with van der Waals surface area (Å²) in [6.07, 6.45) is 1.05. The molecule has 0 radical (unpaired) electrons. The maximum Gasteiger partial charge on any atom is 0.395 e. The minimum atomic E-state index is -0.859. The highest BCUT2D eigenvalue weighted by atomic mass is 79.9. The monoisotopic (exact) mass is 311 g/mol. The number of nitrogens with zero attached hydrogens (tertiary/aromatic N) is 2. The van der Waals surface area contributed by atoms with Crippen LogP contribution < -0.4 is 10.3 Å². The molecule has 0 fully saturated rings. The van der Waals surface area contributed by atoms with Gasteiger partial charge < -0.3 is 9.72 Å². The summed E-state index contributed by atoms with van der Waals surface area (Å²) in [5.74, 6) is 0.00507. The second-order valence-electron chi connectivity index (χ2n) is 3.20. The predicted octanol–water partition coefficient (Wildman–Crippen LogP) is 2.23. The van der Waals surface area contributed by atoms with Gasteiger partial charge in [0.25, 0.3) is 0 Å². The van der Waals surface area contributed by atoms with Crippen LogP contribution in [0.15, 0.2) is 39.9 Å². The summed E-state index contributed by atoms with van der Waals surface area (Å²) in [5, 5.41) is 10.7. The van der Waals surface area contributed by atoms with Crippen molar-refractivity contribution in [1.82, 2.24) is 9.97 Å². The number of aromatic amines is 1. The molecule has 0 aliphatic carbocycles. The van der Waals surface area contributed by atoms with Gasteiger partial charge in [0.2, 0.25) is 0 Å². The van der Waals surface area contributed by atoms with Gasteiger partial charge in [-0.25, -0.2) is 0 Å². The number of hydrogen-bond acceptors (Lipinski definition) is 5. The first-order valence-electron chi connectivity index (χ1n) is 4.73. The van der Waals surface area contributed by atoms with E-state index in [9.17, 15) is 14.9 Å². The van der Waals surface area contributed by atoms with Crippen LogP contribution in [0.25, 0.3) is 0 Å². The first-order chi connectivity index (χ1) is 8.58. The predicted molar refractivity (Wildman–Crippen MR) is 65.7 cm³/mol. The molecule has 18 heavy (non-hydrogen) atoms. The quantitative estimate of drug-likeness (QED) is 0.692. The number of benzene rings is 1. The molecule has 0 spiro atoms.